The molecule has 25 heavy (non-hydrogen) atoms. The molecular weight excluding hydrogens is 312 g/mol. The summed E-state index contributed by atoms with van der Waals surface area (Å²) < 4.78 is 0. The minimum absolute atomic E-state index is 0.0149. The lowest BCUT2D eigenvalue weighted by Crippen LogP contribution is -2.32. The molecule has 0 N–H and O–H groups in total. The van der Waals surface area contributed by atoms with E-state index in [4.69, 9.17) is 0 Å². The Balaban J connectivity index is 1.54. The molecule has 0 spiro atoms. The Morgan fingerprint density at radius 3 is 2.32 bits per heavy atom. The SMILES string of the molecule is O=C(c1cnc(-c2ccccc2)nc1)N(Cc1ccncc1)C1CC1. The molecular formula is C20H18N4O. The summed E-state index contributed by atoms with van der Waals surface area (Å²) in [6, 6.07) is 14.0. The first-order chi connectivity index (χ1) is 12.3. The summed E-state index contributed by atoms with van der Waals surface area (Å²) in [5.41, 5.74) is 2.55. The number of hydrogen-bond donors (Lipinski definition) is 0. The van der Waals surface area contributed by atoms with Gasteiger partial charge in [-0.05, 0) is 30.5 Å². The van der Waals surface area contributed by atoms with Crippen molar-refractivity contribution in [3.63, 3.8) is 0 Å². The molecule has 1 fully saturated rings. The second kappa shape index (κ2) is 6.81. The number of carbonyl (C=O) groups is 1. The zero-order valence-corrected chi connectivity index (χ0v) is 13.7. The number of amides is 1. The van der Waals surface area contributed by atoms with E-state index in [1.165, 1.54) is 0 Å². The van der Waals surface area contributed by atoms with E-state index in [-0.39, 0.29) is 5.91 Å². The summed E-state index contributed by atoms with van der Waals surface area (Å²) in [4.78, 5) is 27.6. The Kier molecular flexibility index (Phi) is 4.21. The van der Waals surface area contributed by atoms with Crippen LogP contribution in [0, 0.1) is 0 Å². The fourth-order valence-corrected chi connectivity index (χ4v) is 2.78. The van der Waals surface area contributed by atoms with Crippen LogP contribution in [-0.2, 0) is 6.54 Å². The average Bonchev–Trinajstić information content (AvgIpc) is 3.52. The number of aromatic nitrogens is 3. The summed E-state index contributed by atoms with van der Waals surface area (Å²) >= 11 is 0. The highest BCUT2D eigenvalue weighted by Gasteiger charge is 2.33. The predicted molar refractivity (Wildman–Crippen MR) is 94.6 cm³/mol. The Labute approximate surface area is 146 Å². The van der Waals surface area contributed by atoms with Crippen LogP contribution in [0.2, 0.25) is 0 Å². The van der Waals surface area contributed by atoms with Crippen molar-refractivity contribution in [2.45, 2.75) is 25.4 Å². The Morgan fingerprint density at radius 1 is 1.00 bits per heavy atom. The summed E-state index contributed by atoms with van der Waals surface area (Å²) in [6.45, 7) is 0.590. The highest BCUT2D eigenvalue weighted by atomic mass is 16.2. The number of carbonyl (C=O) groups excluding carboxylic acids is 1. The average molecular weight is 330 g/mol. The molecule has 4 rings (SSSR count). The van der Waals surface area contributed by atoms with Gasteiger partial charge in [0.2, 0.25) is 0 Å². The van der Waals surface area contributed by atoms with E-state index in [0.29, 0.717) is 24.0 Å². The minimum atomic E-state index is -0.0149. The zero-order chi connectivity index (χ0) is 17.1. The van der Waals surface area contributed by atoms with Crippen molar-refractivity contribution in [2.24, 2.45) is 0 Å². The number of pyridine rings is 1. The fraction of sp³-hybridized carbons (Fsp3) is 0.200. The third kappa shape index (κ3) is 3.55. The first-order valence-corrected chi connectivity index (χ1v) is 8.38. The molecule has 0 bridgehead atoms. The van der Waals surface area contributed by atoms with Crippen LogP contribution in [0.1, 0.15) is 28.8 Å². The maximum atomic E-state index is 12.9. The molecule has 124 valence electrons. The van der Waals surface area contributed by atoms with Gasteiger partial charge in [0.25, 0.3) is 5.91 Å². The topological polar surface area (TPSA) is 59.0 Å². The van der Waals surface area contributed by atoms with E-state index in [9.17, 15) is 4.79 Å². The minimum Gasteiger partial charge on any atom is -0.331 e. The number of rotatable bonds is 5. The van der Waals surface area contributed by atoms with Gasteiger partial charge in [0, 0.05) is 42.9 Å². The van der Waals surface area contributed by atoms with Crippen LogP contribution in [0.4, 0.5) is 0 Å². The molecule has 2 heterocycles. The van der Waals surface area contributed by atoms with Crippen molar-refractivity contribution in [3.05, 3.63) is 78.4 Å². The number of benzene rings is 1. The van der Waals surface area contributed by atoms with Gasteiger partial charge < -0.3 is 4.90 Å². The highest BCUT2D eigenvalue weighted by Crippen LogP contribution is 2.29. The van der Waals surface area contributed by atoms with Gasteiger partial charge in [0.05, 0.1) is 5.56 Å². The van der Waals surface area contributed by atoms with Crippen molar-refractivity contribution in [1.29, 1.82) is 0 Å². The van der Waals surface area contributed by atoms with Gasteiger partial charge in [0.15, 0.2) is 5.82 Å². The molecule has 2 aromatic heterocycles. The van der Waals surface area contributed by atoms with Crippen molar-refractivity contribution in [3.8, 4) is 11.4 Å². The molecule has 0 atom stereocenters. The van der Waals surface area contributed by atoms with Crippen LogP contribution in [-0.4, -0.2) is 31.8 Å². The first-order valence-electron chi connectivity index (χ1n) is 8.38. The molecule has 1 aromatic carbocycles. The van der Waals surface area contributed by atoms with E-state index in [0.717, 1.165) is 24.0 Å². The van der Waals surface area contributed by atoms with Crippen LogP contribution in [0.15, 0.2) is 67.3 Å². The molecule has 5 nitrogen and oxygen atoms in total. The molecule has 1 aliphatic carbocycles. The van der Waals surface area contributed by atoms with Gasteiger partial charge in [-0.3, -0.25) is 9.78 Å². The molecule has 1 saturated carbocycles. The lowest BCUT2D eigenvalue weighted by molar-refractivity contribution is 0.0729. The maximum absolute atomic E-state index is 12.9. The second-order valence-electron chi connectivity index (χ2n) is 6.18. The third-order valence-electron chi connectivity index (χ3n) is 4.28. The first kappa shape index (κ1) is 15.4. The molecule has 3 aromatic rings. The van der Waals surface area contributed by atoms with Gasteiger partial charge in [-0.1, -0.05) is 30.3 Å². The van der Waals surface area contributed by atoms with Crippen LogP contribution in [0.3, 0.4) is 0 Å². The summed E-state index contributed by atoms with van der Waals surface area (Å²) in [5, 5.41) is 0. The number of nitrogens with zero attached hydrogens (tertiary/aromatic N) is 4. The van der Waals surface area contributed by atoms with Gasteiger partial charge in [-0.15, -0.1) is 0 Å². The summed E-state index contributed by atoms with van der Waals surface area (Å²) in [7, 11) is 0. The Bertz CT molecular complexity index is 846. The Morgan fingerprint density at radius 2 is 1.68 bits per heavy atom. The van der Waals surface area contributed by atoms with E-state index in [1.807, 2.05) is 47.4 Å². The molecule has 5 heteroatoms. The Hall–Kier alpha value is -3.08. The fourth-order valence-electron chi connectivity index (χ4n) is 2.78. The molecule has 1 amide bonds. The van der Waals surface area contributed by atoms with Crippen molar-refractivity contribution in [2.75, 3.05) is 0 Å². The third-order valence-corrected chi connectivity index (χ3v) is 4.28. The lowest BCUT2D eigenvalue weighted by atomic mass is 10.2. The van der Waals surface area contributed by atoms with Crippen molar-refractivity contribution in [1.82, 2.24) is 19.9 Å². The maximum Gasteiger partial charge on any atom is 0.257 e. The molecule has 0 radical (unpaired) electrons. The van der Waals surface area contributed by atoms with E-state index in [2.05, 4.69) is 15.0 Å². The van der Waals surface area contributed by atoms with Gasteiger partial charge in [-0.25, -0.2) is 9.97 Å². The van der Waals surface area contributed by atoms with Crippen LogP contribution in [0.25, 0.3) is 11.4 Å². The van der Waals surface area contributed by atoms with Crippen molar-refractivity contribution < 1.29 is 4.79 Å². The van der Waals surface area contributed by atoms with Gasteiger partial charge >= 0.3 is 0 Å². The summed E-state index contributed by atoms with van der Waals surface area (Å²) in [6.07, 6.45) is 8.87. The molecule has 0 aliphatic heterocycles. The quantitative estimate of drug-likeness (QED) is 0.720. The molecule has 0 unspecified atom stereocenters. The van der Waals surface area contributed by atoms with Crippen LogP contribution < -0.4 is 0 Å². The van der Waals surface area contributed by atoms with Crippen molar-refractivity contribution >= 4 is 5.91 Å². The smallest absolute Gasteiger partial charge is 0.257 e. The van der Waals surface area contributed by atoms with E-state index >= 15 is 0 Å². The van der Waals surface area contributed by atoms with Gasteiger partial charge in [-0.2, -0.15) is 0 Å². The standard InChI is InChI=1S/C20H18N4O/c25-20(24(18-6-7-18)14-15-8-10-21-11-9-15)17-12-22-19(23-13-17)16-4-2-1-3-5-16/h1-5,8-13,18H,6-7,14H2. The van der Waals surface area contributed by atoms with E-state index in [1.54, 1.807) is 24.8 Å². The van der Waals surface area contributed by atoms with Crippen LogP contribution in [0.5, 0.6) is 0 Å². The summed E-state index contributed by atoms with van der Waals surface area (Å²) in [5.74, 6) is 0.614. The van der Waals surface area contributed by atoms with E-state index < -0.39 is 0 Å². The second-order valence-corrected chi connectivity index (χ2v) is 6.18. The van der Waals surface area contributed by atoms with Gasteiger partial charge in [0.1, 0.15) is 0 Å². The largest absolute Gasteiger partial charge is 0.331 e. The van der Waals surface area contributed by atoms with Crippen LogP contribution >= 0.6 is 0 Å². The highest BCUT2D eigenvalue weighted by molar-refractivity contribution is 5.94. The normalized spacial score (nSPS) is 13.4. The molecule has 1 aliphatic rings. The zero-order valence-electron chi connectivity index (χ0n) is 13.7. The number of hydrogen-bond acceptors (Lipinski definition) is 4. The molecule has 0 saturated heterocycles. The lowest BCUT2D eigenvalue weighted by Gasteiger charge is -2.22. The predicted octanol–water partition coefficient (Wildman–Crippen LogP) is 3.34. The monoisotopic (exact) mass is 330 g/mol.